The first-order valence-electron chi connectivity index (χ1n) is 10.9. The molecule has 176 valence electrons. The largest absolute Gasteiger partial charge is 0.497 e. The first-order valence-corrected chi connectivity index (χ1v) is 11.9. The molecule has 5 aromatic rings. The van der Waals surface area contributed by atoms with E-state index >= 15 is 0 Å². The number of thioether (sulfide) groups is 1. The highest BCUT2D eigenvalue weighted by Gasteiger charge is 2.19. The van der Waals surface area contributed by atoms with Crippen LogP contribution in [0.15, 0.2) is 82.5 Å². The smallest absolute Gasteiger partial charge is 0.237 e. The van der Waals surface area contributed by atoms with Crippen LogP contribution in [0.4, 0.5) is 0 Å². The van der Waals surface area contributed by atoms with Crippen molar-refractivity contribution >= 4 is 11.8 Å². The van der Waals surface area contributed by atoms with Crippen molar-refractivity contribution in [1.29, 1.82) is 0 Å². The van der Waals surface area contributed by atoms with Crippen LogP contribution < -0.4 is 9.47 Å². The molecule has 0 amide bonds. The molecule has 2 aromatic heterocycles. The van der Waals surface area contributed by atoms with Crippen molar-refractivity contribution in [3.05, 3.63) is 84.3 Å². The van der Waals surface area contributed by atoms with Crippen LogP contribution >= 0.6 is 11.8 Å². The molecule has 8 nitrogen and oxygen atoms in total. The Labute approximate surface area is 206 Å². The molecule has 0 saturated heterocycles. The number of aromatic nitrogens is 5. The standard InChI is InChI=1S/C26H23N5O3S/c1-17-9-11-19(12-10-17)31-25(18-7-5-4-6-8-18)28-29-26(31)35-16-23-27-24(30-34-23)21-14-13-20(32-2)15-22(21)33-3/h4-15H,16H2,1-3H3. The topological polar surface area (TPSA) is 88.1 Å². The summed E-state index contributed by atoms with van der Waals surface area (Å²) in [5.41, 5.74) is 3.88. The van der Waals surface area contributed by atoms with Gasteiger partial charge in [0.1, 0.15) is 11.5 Å². The van der Waals surface area contributed by atoms with Gasteiger partial charge in [0.05, 0.1) is 25.5 Å². The first kappa shape index (κ1) is 22.7. The van der Waals surface area contributed by atoms with Crippen molar-refractivity contribution in [1.82, 2.24) is 24.9 Å². The van der Waals surface area contributed by atoms with Crippen molar-refractivity contribution in [2.75, 3.05) is 14.2 Å². The maximum absolute atomic E-state index is 5.52. The zero-order chi connectivity index (χ0) is 24.2. The molecule has 0 spiro atoms. The van der Waals surface area contributed by atoms with Gasteiger partial charge in [-0.2, -0.15) is 4.98 Å². The molecule has 5 rings (SSSR count). The summed E-state index contributed by atoms with van der Waals surface area (Å²) in [6.07, 6.45) is 0. The molecular formula is C26H23N5O3S. The van der Waals surface area contributed by atoms with Crippen molar-refractivity contribution in [2.24, 2.45) is 0 Å². The van der Waals surface area contributed by atoms with Crippen LogP contribution in [0.3, 0.4) is 0 Å². The molecule has 3 aromatic carbocycles. The third-order valence-electron chi connectivity index (χ3n) is 5.40. The summed E-state index contributed by atoms with van der Waals surface area (Å²) in [6.45, 7) is 2.06. The number of methoxy groups -OCH3 is 2. The second kappa shape index (κ2) is 10.0. The fourth-order valence-corrected chi connectivity index (χ4v) is 4.39. The SMILES string of the molecule is COc1ccc(-c2noc(CSc3nnc(-c4ccccc4)n3-c3ccc(C)cc3)n2)c(OC)c1. The average Bonchev–Trinajstić information content (AvgIpc) is 3.55. The van der Waals surface area contributed by atoms with E-state index in [9.17, 15) is 0 Å². The van der Waals surface area contributed by atoms with Crippen molar-refractivity contribution in [3.63, 3.8) is 0 Å². The Morgan fingerprint density at radius 1 is 0.914 bits per heavy atom. The van der Waals surface area contributed by atoms with Crippen LogP contribution in [0.25, 0.3) is 28.5 Å². The highest BCUT2D eigenvalue weighted by atomic mass is 32.2. The monoisotopic (exact) mass is 485 g/mol. The van der Waals surface area contributed by atoms with Gasteiger partial charge in [-0.15, -0.1) is 10.2 Å². The second-order valence-corrected chi connectivity index (χ2v) is 8.65. The van der Waals surface area contributed by atoms with E-state index in [4.69, 9.17) is 14.0 Å². The van der Waals surface area contributed by atoms with Gasteiger partial charge >= 0.3 is 0 Å². The molecule has 0 N–H and O–H groups in total. The van der Waals surface area contributed by atoms with Gasteiger partial charge in [0.25, 0.3) is 0 Å². The zero-order valence-electron chi connectivity index (χ0n) is 19.5. The summed E-state index contributed by atoms with van der Waals surface area (Å²) in [5, 5.41) is 13.8. The van der Waals surface area contributed by atoms with Crippen LogP contribution in [0, 0.1) is 6.92 Å². The minimum atomic E-state index is 0.435. The van der Waals surface area contributed by atoms with Gasteiger partial charge in [-0.25, -0.2) is 0 Å². The Morgan fingerprint density at radius 2 is 1.71 bits per heavy atom. The fraction of sp³-hybridized carbons (Fsp3) is 0.154. The van der Waals surface area contributed by atoms with E-state index in [2.05, 4.69) is 51.5 Å². The van der Waals surface area contributed by atoms with Crippen LogP contribution in [-0.4, -0.2) is 39.1 Å². The number of rotatable bonds is 8. The lowest BCUT2D eigenvalue weighted by molar-refractivity contribution is 0.388. The summed E-state index contributed by atoms with van der Waals surface area (Å²) in [7, 11) is 3.20. The number of ether oxygens (including phenoxy) is 2. The number of benzene rings is 3. The Balaban J connectivity index is 1.43. The van der Waals surface area contributed by atoms with Gasteiger partial charge in [-0.05, 0) is 31.2 Å². The Hall–Kier alpha value is -4.11. The van der Waals surface area contributed by atoms with E-state index < -0.39 is 0 Å². The predicted molar refractivity (Wildman–Crippen MR) is 134 cm³/mol. The lowest BCUT2D eigenvalue weighted by atomic mass is 10.2. The molecule has 0 aliphatic heterocycles. The molecular weight excluding hydrogens is 462 g/mol. The molecule has 0 fully saturated rings. The van der Waals surface area contributed by atoms with Gasteiger partial charge in [0, 0.05) is 17.3 Å². The Morgan fingerprint density at radius 3 is 2.46 bits per heavy atom. The molecule has 0 atom stereocenters. The third-order valence-corrected chi connectivity index (χ3v) is 6.31. The van der Waals surface area contributed by atoms with Crippen LogP contribution in [0.1, 0.15) is 11.5 Å². The normalized spacial score (nSPS) is 10.9. The second-order valence-electron chi connectivity index (χ2n) is 7.71. The van der Waals surface area contributed by atoms with E-state index in [1.54, 1.807) is 20.3 Å². The van der Waals surface area contributed by atoms with Crippen molar-refractivity contribution < 1.29 is 14.0 Å². The lowest BCUT2D eigenvalue weighted by Gasteiger charge is -2.10. The van der Waals surface area contributed by atoms with Crippen LogP contribution in [-0.2, 0) is 5.75 Å². The molecule has 2 heterocycles. The maximum Gasteiger partial charge on any atom is 0.237 e. The molecule has 0 unspecified atom stereocenters. The van der Waals surface area contributed by atoms with Crippen LogP contribution in [0.5, 0.6) is 11.5 Å². The highest BCUT2D eigenvalue weighted by molar-refractivity contribution is 7.98. The average molecular weight is 486 g/mol. The molecule has 9 heteroatoms. The Kier molecular flexibility index (Phi) is 6.49. The Bertz CT molecular complexity index is 1430. The summed E-state index contributed by atoms with van der Waals surface area (Å²) in [5.74, 6) is 3.42. The van der Waals surface area contributed by atoms with Gasteiger partial charge in [0.15, 0.2) is 11.0 Å². The van der Waals surface area contributed by atoms with E-state index in [1.165, 1.54) is 17.3 Å². The van der Waals surface area contributed by atoms with E-state index in [-0.39, 0.29) is 0 Å². The molecule has 0 aliphatic rings. The fourth-order valence-electron chi connectivity index (χ4n) is 3.60. The van der Waals surface area contributed by atoms with Gasteiger partial charge in [0.2, 0.25) is 11.7 Å². The lowest BCUT2D eigenvalue weighted by Crippen LogP contribution is -2.00. The summed E-state index contributed by atoms with van der Waals surface area (Å²) in [4.78, 5) is 4.56. The van der Waals surface area contributed by atoms with E-state index in [1.807, 2.05) is 47.0 Å². The minimum Gasteiger partial charge on any atom is -0.497 e. The van der Waals surface area contributed by atoms with Gasteiger partial charge < -0.3 is 14.0 Å². The van der Waals surface area contributed by atoms with Gasteiger partial charge in [-0.1, -0.05) is 64.9 Å². The number of hydrogen-bond donors (Lipinski definition) is 0. The predicted octanol–water partition coefficient (Wildman–Crippen LogP) is 5.60. The summed E-state index contributed by atoms with van der Waals surface area (Å²) in [6, 6.07) is 23.8. The molecule has 0 aliphatic carbocycles. The molecule has 35 heavy (non-hydrogen) atoms. The minimum absolute atomic E-state index is 0.435. The van der Waals surface area contributed by atoms with Crippen molar-refractivity contribution in [3.8, 4) is 40.0 Å². The quantitative estimate of drug-likeness (QED) is 0.262. The number of nitrogens with zero attached hydrogens (tertiary/aromatic N) is 5. The molecule has 0 saturated carbocycles. The molecule has 0 radical (unpaired) electrons. The molecule has 0 bridgehead atoms. The maximum atomic E-state index is 5.52. The summed E-state index contributed by atoms with van der Waals surface area (Å²) < 4.78 is 18.3. The third kappa shape index (κ3) is 4.76. The highest BCUT2D eigenvalue weighted by Crippen LogP contribution is 2.33. The zero-order valence-corrected chi connectivity index (χ0v) is 20.3. The van der Waals surface area contributed by atoms with Gasteiger partial charge in [-0.3, -0.25) is 4.57 Å². The van der Waals surface area contributed by atoms with Crippen molar-refractivity contribution in [2.45, 2.75) is 17.8 Å². The number of hydrogen-bond acceptors (Lipinski definition) is 8. The first-order chi connectivity index (χ1) is 17.2. The summed E-state index contributed by atoms with van der Waals surface area (Å²) >= 11 is 1.48. The van der Waals surface area contributed by atoms with E-state index in [0.717, 1.165) is 27.8 Å². The number of aryl methyl sites for hydroxylation is 1. The van der Waals surface area contributed by atoms with E-state index in [0.29, 0.717) is 29.0 Å². The van der Waals surface area contributed by atoms with Crippen LogP contribution in [0.2, 0.25) is 0 Å².